The molecule has 4 nitrogen and oxygen atoms in total. The van der Waals surface area contributed by atoms with Gasteiger partial charge in [0.2, 0.25) is 0 Å². The van der Waals surface area contributed by atoms with Crippen molar-refractivity contribution in [3.8, 4) is 0 Å². The molecule has 0 amide bonds. The van der Waals surface area contributed by atoms with E-state index in [1.807, 2.05) is 20.9 Å². The third-order valence-electron chi connectivity index (χ3n) is 3.75. The van der Waals surface area contributed by atoms with E-state index in [1.165, 1.54) is 7.11 Å². The number of aliphatic hydroxyl groups excluding tert-OH is 1. The summed E-state index contributed by atoms with van der Waals surface area (Å²) in [7, 11) is 3.45. The maximum atomic E-state index is 11.4. The van der Waals surface area contributed by atoms with Crippen LogP contribution in [-0.4, -0.2) is 48.8 Å². The van der Waals surface area contributed by atoms with Crippen molar-refractivity contribution in [2.75, 3.05) is 20.7 Å². The molecule has 0 heterocycles. The first kappa shape index (κ1) is 13.5. The lowest BCUT2D eigenvalue weighted by molar-refractivity contribution is -0.147. The number of methoxy groups -OCH3 is 1. The molecular weight excluding hydrogens is 206 g/mol. The van der Waals surface area contributed by atoms with Gasteiger partial charge in [-0.3, -0.25) is 4.79 Å². The fraction of sp³-hybridized carbons (Fsp3) is 0.917. The van der Waals surface area contributed by atoms with Crippen LogP contribution in [0.5, 0.6) is 0 Å². The molecular formula is C12H23NO3. The van der Waals surface area contributed by atoms with Gasteiger partial charge in [-0.2, -0.15) is 0 Å². The molecule has 0 aromatic carbocycles. The number of hydrogen-bond acceptors (Lipinski definition) is 4. The Morgan fingerprint density at radius 2 is 2.06 bits per heavy atom. The Kier molecular flexibility index (Phi) is 4.74. The number of aliphatic hydroxyl groups is 1. The summed E-state index contributed by atoms with van der Waals surface area (Å²) in [6, 6.07) is 0.171. The normalized spacial score (nSPS) is 28.4. The Morgan fingerprint density at radius 3 is 2.50 bits per heavy atom. The molecule has 2 atom stereocenters. The monoisotopic (exact) mass is 229 g/mol. The first-order valence-corrected chi connectivity index (χ1v) is 5.91. The Morgan fingerprint density at radius 1 is 1.50 bits per heavy atom. The molecule has 2 unspecified atom stereocenters. The van der Waals surface area contributed by atoms with E-state index >= 15 is 0 Å². The molecule has 0 aromatic rings. The summed E-state index contributed by atoms with van der Waals surface area (Å²) in [6.45, 7) is 4.87. The number of ether oxygens (including phenoxy) is 1. The number of rotatable bonds is 5. The molecule has 0 saturated heterocycles. The highest BCUT2D eigenvalue weighted by molar-refractivity contribution is 5.72. The largest absolute Gasteiger partial charge is 0.469 e. The van der Waals surface area contributed by atoms with Crippen LogP contribution in [0.4, 0.5) is 0 Å². The predicted molar refractivity (Wildman–Crippen MR) is 62.0 cm³/mol. The molecule has 0 aromatic heterocycles. The van der Waals surface area contributed by atoms with Crippen LogP contribution in [0.2, 0.25) is 0 Å². The lowest BCUT2D eigenvalue weighted by Crippen LogP contribution is -2.44. The number of carbonyl (C=O) groups excluding carboxylic acids is 1. The van der Waals surface area contributed by atoms with Crippen LogP contribution in [0, 0.1) is 11.8 Å². The van der Waals surface area contributed by atoms with E-state index in [4.69, 9.17) is 4.74 Å². The first-order chi connectivity index (χ1) is 7.45. The summed E-state index contributed by atoms with van der Waals surface area (Å²) in [4.78, 5) is 13.6. The zero-order valence-electron chi connectivity index (χ0n) is 10.6. The Labute approximate surface area is 97.6 Å². The lowest BCUT2D eigenvalue weighted by Gasteiger charge is -2.37. The topological polar surface area (TPSA) is 49.8 Å². The minimum absolute atomic E-state index is 0.105. The minimum Gasteiger partial charge on any atom is -0.469 e. The third kappa shape index (κ3) is 3.19. The van der Waals surface area contributed by atoms with Gasteiger partial charge in [-0.15, -0.1) is 0 Å². The molecule has 1 saturated carbocycles. The molecule has 0 spiro atoms. The standard InChI is InChI=1S/C12H23NO3/c1-8(12(15)16-4)9(2)13(3)7-10-5-11(14)6-10/h8-11,14H,5-7H2,1-4H3. The highest BCUT2D eigenvalue weighted by atomic mass is 16.5. The Balaban J connectivity index is 2.34. The lowest BCUT2D eigenvalue weighted by atomic mass is 9.82. The van der Waals surface area contributed by atoms with E-state index in [0.29, 0.717) is 5.92 Å². The molecule has 16 heavy (non-hydrogen) atoms. The fourth-order valence-electron chi connectivity index (χ4n) is 2.19. The van der Waals surface area contributed by atoms with E-state index in [-0.39, 0.29) is 24.0 Å². The molecule has 1 N–H and O–H groups in total. The Bertz CT molecular complexity index is 238. The highest BCUT2D eigenvalue weighted by Gasteiger charge is 2.31. The van der Waals surface area contributed by atoms with Gasteiger partial charge in [0.15, 0.2) is 0 Å². The minimum atomic E-state index is -0.159. The fourth-order valence-corrected chi connectivity index (χ4v) is 2.19. The van der Waals surface area contributed by atoms with Crippen LogP contribution in [0.25, 0.3) is 0 Å². The van der Waals surface area contributed by atoms with Crippen LogP contribution in [0.15, 0.2) is 0 Å². The summed E-state index contributed by atoms with van der Waals surface area (Å²) in [5.41, 5.74) is 0. The van der Waals surface area contributed by atoms with Gasteiger partial charge in [0.05, 0.1) is 19.1 Å². The summed E-state index contributed by atoms with van der Waals surface area (Å²) in [6.07, 6.45) is 1.68. The maximum Gasteiger partial charge on any atom is 0.309 e. The maximum absolute atomic E-state index is 11.4. The average Bonchev–Trinajstić information content (AvgIpc) is 2.23. The van der Waals surface area contributed by atoms with Crippen molar-refractivity contribution in [1.29, 1.82) is 0 Å². The summed E-state index contributed by atoms with van der Waals surface area (Å²) >= 11 is 0. The van der Waals surface area contributed by atoms with E-state index in [9.17, 15) is 9.90 Å². The van der Waals surface area contributed by atoms with Gasteiger partial charge in [0.1, 0.15) is 0 Å². The molecule has 0 aliphatic heterocycles. The number of carbonyl (C=O) groups is 1. The van der Waals surface area contributed by atoms with Gasteiger partial charge in [-0.25, -0.2) is 0 Å². The van der Waals surface area contributed by atoms with Crippen LogP contribution in [0.3, 0.4) is 0 Å². The highest BCUT2D eigenvalue weighted by Crippen LogP contribution is 2.28. The van der Waals surface area contributed by atoms with Crippen molar-refractivity contribution in [1.82, 2.24) is 4.90 Å². The third-order valence-corrected chi connectivity index (χ3v) is 3.75. The van der Waals surface area contributed by atoms with Crippen molar-refractivity contribution in [2.45, 2.75) is 38.8 Å². The van der Waals surface area contributed by atoms with Crippen molar-refractivity contribution in [2.24, 2.45) is 11.8 Å². The average molecular weight is 229 g/mol. The van der Waals surface area contributed by atoms with Crippen LogP contribution in [-0.2, 0) is 9.53 Å². The second-order valence-corrected chi connectivity index (χ2v) is 4.98. The van der Waals surface area contributed by atoms with Gasteiger partial charge in [0, 0.05) is 12.6 Å². The molecule has 1 aliphatic carbocycles. The molecule has 1 rings (SSSR count). The molecule has 0 radical (unpaired) electrons. The van der Waals surface area contributed by atoms with Crippen molar-refractivity contribution in [3.63, 3.8) is 0 Å². The molecule has 1 aliphatic rings. The van der Waals surface area contributed by atoms with E-state index < -0.39 is 0 Å². The zero-order valence-corrected chi connectivity index (χ0v) is 10.6. The molecule has 1 fully saturated rings. The number of hydrogen-bond donors (Lipinski definition) is 1. The summed E-state index contributed by atoms with van der Waals surface area (Å²) in [5.74, 6) is 0.306. The first-order valence-electron chi connectivity index (χ1n) is 5.91. The second kappa shape index (κ2) is 5.64. The van der Waals surface area contributed by atoms with E-state index in [1.54, 1.807) is 0 Å². The van der Waals surface area contributed by atoms with Gasteiger partial charge in [0.25, 0.3) is 0 Å². The molecule has 4 heteroatoms. The zero-order chi connectivity index (χ0) is 12.3. The quantitative estimate of drug-likeness (QED) is 0.711. The Hall–Kier alpha value is -0.610. The van der Waals surface area contributed by atoms with Crippen molar-refractivity contribution in [3.05, 3.63) is 0 Å². The van der Waals surface area contributed by atoms with E-state index in [0.717, 1.165) is 19.4 Å². The van der Waals surface area contributed by atoms with E-state index in [2.05, 4.69) is 4.90 Å². The van der Waals surface area contributed by atoms with Gasteiger partial charge >= 0.3 is 5.97 Å². The number of esters is 1. The van der Waals surface area contributed by atoms with Gasteiger partial charge in [-0.05, 0) is 32.7 Å². The van der Waals surface area contributed by atoms with Gasteiger partial charge < -0.3 is 14.7 Å². The van der Waals surface area contributed by atoms with Crippen molar-refractivity contribution >= 4 is 5.97 Å². The van der Waals surface area contributed by atoms with Crippen LogP contribution in [0.1, 0.15) is 26.7 Å². The van der Waals surface area contributed by atoms with Gasteiger partial charge in [-0.1, -0.05) is 6.92 Å². The van der Waals surface area contributed by atoms with Crippen LogP contribution < -0.4 is 0 Å². The SMILES string of the molecule is COC(=O)C(C)C(C)N(C)CC1CC(O)C1. The molecule has 0 bridgehead atoms. The molecule has 94 valence electrons. The van der Waals surface area contributed by atoms with Crippen molar-refractivity contribution < 1.29 is 14.6 Å². The smallest absolute Gasteiger partial charge is 0.309 e. The summed E-state index contributed by atoms with van der Waals surface area (Å²) < 4.78 is 4.74. The predicted octanol–water partition coefficient (Wildman–Crippen LogP) is 0.887. The van der Waals surface area contributed by atoms with Crippen LogP contribution >= 0.6 is 0 Å². The summed E-state index contributed by atoms with van der Waals surface area (Å²) in [5, 5.41) is 9.21. The number of nitrogens with zero attached hydrogens (tertiary/aromatic N) is 1. The second-order valence-electron chi connectivity index (χ2n) is 4.98.